The molecule has 0 aromatic carbocycles. The summed E-state index contributed by atoms with van der Waals surface area (Å²) in [6.07, 6.45) is 5.71. The minimum atomic E-state index is -0.150. The van der Waals surface area contributed by atoms with Crippen LogP contribution in [0.15, 0.2) is 36.0 Å². The smallest absolute Gasteiger partial charge is 0.187 e. The number of thiophene rings is 1. The van der Waals surface area contributed by atoms with Crippen LogP contribution in [0.3, 0.4) is 0 Å². The number of pyridine rings is 2. The Labute approximate surface area is 190 Å². The summed E-state index contributed by atoms with van der Waals surface area (Å²) in [7, 11) is 0. The molecule has 0 unspecified atom stereocenters. The second kappa shape index (κ2) is 8.76. The summed E-state index contributed by atoms with van der Waals surface area (Å²) >= 11 is 1.48. The van der Waals surface area contributed by atoms with Gasteiger partial charge >= 0.3 is 0 Å². The molecule has 9 heteroatoms. The van der Waals surface area contributed by atoms with E-state index in [2.05, 4.69) is 14.9 Å². The van der Waals surface area contributed by atoms with Gasteiger partial charge in [-0.1, -0.05) is 0 Å². The lowest BCUT2D eigenvalue weighted by Gasteiger charge is -2.33. The van der Waals surface area contributed by atoms with Gasteiger partial charge in [0, 0.05) is 54.6 Å². The molecule has 4 N–H and O–H groups in total. The lowest BCUT2D eigenvalue weighted by atomic mass is 10.0. The highest BCUT2D eigenvalue weighted by Crippen LogP contribution is 2.45. The Morgan fingerprint density at radius 3 is 3.00 bits per heavy atom. The highest BCUT2D eigenvalue weighted by atomic mass is 32.1. The van der Waals surface area contributed by atoms with Crippen LogP contribution in [0.25, 0.3) is 10.6 Å². The van der Waals surface area contributed by atoms with Crippen molar-refractivity contribution < 1.29 is 14.3 Å². The van der Waals surface area contributed by atoms with E-state index in [1.807, 2.05) is 11.4 Å². The fourth-order valence-electron chi connectivity index (χ4n) is 4.21. The Kier molecular flexibility index (Phi) is 5.67. The van der Waals surface area contributed by atoms with Gasteiger partial charge in [-0.2, -0.15) is 0 Å². The van der Waals surface area contributed by atoms with E-state index in [1.54, 1.807) is 24.5 Å². The highest BCUT2D eigenvalue weighted by molar-refractivity contribution is 7.14. The molecule has 0 radical (unpaired) electrons. The SMILES string of the molecule is Nc1ccc(-c2scc3c2OCCO3)nc1C(=O)Cc1cnccc1N1CCC[C@H](N)C1. The second-order valence-electron chi connectivity index (χ2n) is 8.04. The lowest BCUT2D eigenvalue weighted by Crippen LogP contribution is -2.43. The van der Waals surface area contributed by atoms with E-state index in [0.717, 1.165) is 42.1 Å². The maximum Gasteiger partial charge on any atom is 0.187 e. The van der Waals surface area contributed by atoms with Gasteiger partial charge in [0.25, 0.3) is 0 Å². The van der Waals surface area contributed by atoms with Crippen molar-refractivity contribution in [1.29, 1.82) is 0 Å². The zero-order chi connectivity index (χ0) is 22.1. The zero-order valence-electron chi connectivity index (χ0n) is 17.6. The van der Waals surface area contributed by atoms with Gasteiger partial charge in [0.1, 0.15) is 18.9 Å². The van der Waals surface area contributed by atoms with Crippen LogP contribution in [0.2, 0.25) is 0 Å². The minimum absolute atomic E-state index is 0.136. The van der Waals surface area contributed by atoms with Gasteiger partial charge in [-0.15, -0.1) is 11.3 Å². The quantitative estimate of drug-likeness (QED) is 0.569. The number of hydrogen-bond donors (Lipinski definition) is 2. The first-order chi connectivity index (χ1) is 15.6. The highest BCUT2D eigenvalue weighted by Gasteiger charge is 2.24. The molecule has 2 aliphatic rings. The van der Waals surface area contributed by atoms with Gasteiger partial charge in [-0.25, -0.2) is 4.98 Å². The Bertz CT molecular complexity index is 1150. The normalized spacial score (nSPS) is 17.9. The standard InChI is InChI=1S/C23H25N5O3S/c24-15-2-1-7-28(12-15)18-5-6-26-11-14(18)10-19(29)21-16(25)3-4-17(27-21)23-22-20(13-32-23)30-8-9-31-22/h3-6,11,13,15H,1-2,7-10,12,24-25H2/t15-/m0/s1. The number of carbonyl (C=O) groups excluding carboxylic acids is 1. The van der Waals surface area contributed by atoms with Crippen molar-refractivity contribution in [3.63, 3.8) is 0 Å². The average Bonchev–Trinajstić information content (AvgIpc) is 3.24. The number of Topliss-reactive ketones (excluding diaryl/α,β-unsaturated/α-hetero) is 1. The third-order valence-electron chi connectivity index (χ3n) is 5.75. The first-order valence-corrected chi connectivity index (χ1v) is 11.6. The number of aromatic nitrogens is 2. The molecular weight excluding hydrogens is 426 g/mol. The predicted octanol–water partition coefficient (Wildman–Crippen LogP) is 2.91. The number of piperidine rings is 1. The van der Waals surface area contributed by atoms with Crippen LogP contribution in [-0.4, -0.2) is 48.1 Å². The van der Waals surface area contributed by atoms with E-state index < -0.39 is 0 Å². The second-order valence-corrected chi connectivity index (χ2v) is 8.92. The van der Waals surface area contributed by atoms with Crippen molar-refractivity contribution in [2.75, 3.05) is 36.9 Å². The van der Waals surface area contributed by atoms with E-state index in [4.69, 9.17) is 20.9 Å². The molecule has 32 heavy (non-hydrogen) atoms. The van der Waals surface area contributed by atoms with Gasteiger partial charge in [-0.05, 0) is 31.0 Å². The summed E-state index contributed by atoms with van der Waals surface area (Å²) in [4.78, 5) is 25.2. The van der Waals surface area contributed by atoms with Crippen LogP contribution in [-0.2, 0) is 6.42 Å². The number of anilines is 2. The maximum absolute atomic E-state index is 13.3. The summed E-state index contributed by atoms with van der Waals surface area (Å²) in [6.45, 7) is 2.70. The van der Waals surface area contributed by atoms with Crippen LogP contribution >= 0.6 is 11.3 Å². The number of ketones is 1. The molecule has 1 fully saturated rings. The summed E-state index contributed by atoms with van der Waals surface area (Å²) in [5, 5.41) is 1.90. The molecule has 8 nitrogen and oxygen atoms in total. The van der Waals surface area contributed by atoms with Gasteiger partial charge < -0.3 is 25.8 Å². The minimum Gasteiger partial charge on any atom is -0.485 e. The fourth-order valence-corrected chi connectivity index (χ4v) is 5.11. The van der Waals surface area contributed by atoms with Crippen LogP contribution in [0, 0.1) is 0 Å². The van der Waals surface area contributed by atoms with Gasteiger partial charge in [0.05, 0.1) is 16.3 Å². The topological polar surface area (TPSA) is 117 Å². The van der Waals surface area contributed by atoms with Gasteiger partial charge in [-0.3, -0.25) is 9.78 Å². The Balaban J connectivity index is 1.42. The van der Waals surface area contributed by atoms with E-state index in [0.29, 0.717) is 36.1 Å². The van der Waals surface area contributed by atoms with Crippen molar-refractivity contribution in [2.24, 2.45) is 5.73 Å². The van der Waals surface area contributed by atoms with Crippen molar-refractivity contribution in [1.82, 2.24) is 9.97 Å². The van der Waals surface area contributed by atoms with Crippen LogP contribution in [0.4, 0.5) is 11.4 Å². The molecule has 0 amide bonds. The first-order valence-electron chi connectivity index (χ1n) is 10.7. The number of ether oxygens (including phenoxy) is 2. The van der Waals surface area contributed by atoms with Crippen molar-refractivity contribution in [3.05, 3.63) is 47.2 Å². The molecule has 0 spiro atoms. The van der Waals surface area contributed by atoms with E-state index in [1.165, 1.54) is 11.3 Å². The molecular formula is C23H25N5O3S. The van der Waals surface area contributed by atoms with Gasteiger partial charge in [0.2, 0.25) is 0 Å². The number of nitrogens with two attached hydrogens (primary N) is 2. The van der Waals surface area contributed by atoms with E-state index in [9.17, 15) is 4.79 Å². The molecule has 5 heterocycles. The van der Waals surface area contributed by atoms with Crippen LogP contribution in [0.5, 0.6) is 11.5 Å². The van der Waals surface area contributed by atoms with Crippen LogP contribution in [0.1, 0.15) is 28.9 Å². The number of hydrogen-bond acceptors (Lipinski definition) is 9. The largest absolute Gasteiger partial charge is 0.485 e. The molecule has 5 rings (SSSR count). The molecule has 166 valence electrons. The summed E-state index contributed by atoms with van der Waals surface area (Å²) in [5.74, 6) is 1.23. The van der Waals surface area contributed by atoms with Crippen molar-refractivity contribution in [3.8, 4) is 22.1 Å². The Morgan fingerprint density at radius 2 is 2.12 bits per heavy atom. The number of nitrogen functional groups attached to an aromatic ring is 1. The fraction of sp³-hybridized carbons (Fsp3) is 0.348. The average molecular weight is 452 g/mol. The Morgan fingerprint density at radius 1 is 1.25 bits per heavy atom. The molecule has 2 aliphatic heterocycles. The van der Waals surface area contributed by atoms with Gasteiger partial charge in [0.15, 0.2) is 17.3 Å². The predicted molar refractivity (Wildman–Crippen MR) is 125 cm³/mol. The molecule has 0 aliphatic carbocycles. The Hall–Kier alpha value is -3.17. The first kappa shape index (κ1) is 20.7. The molecule has 1 saturated heterocycles. The maximum atomic E-state index is 13.3. The van der Waals surface area contributed by atoms with E-state index >= 15 is 0 Å². The number of nitrogens with zero attached hydrogens (tertiary/aromatic N) is 3. The molecule has 3 aromatic heterocycles. The summed E-state index contributed by atoms with van der Waals surface area (Å²) in [5.41, 5.74) is 15.4. The zero-order valence-corrected chi connectivity index (χ0v) is 18.4. The molecule has 0 saturated carbocycles. The number of carbonyl (C=O) groups is 1. The van der Waals surface area contributed by atoms with Crippen molar-refractivity contribution in [2.45, 2.75) is 25.3 Å². The lowest BCUT2D eigenvalue weighted by molar-refractivity contribution is 0.0989. The number of fused-ring (bicyclic) bond motifs is 1. The third-order valence-corrected chi connectivity index (χ3v) is 6.71. The number of rotatable bonds is 5. The van der Waals surface area contributed by atoms with Crippen LogP contribution < -0.4 is 25.8 Å². The van der Waals surface area contributed by atoms with Crippen molar-refractivity contribution >= 4 is 28.5 Å². The summed E-state index contributed by atoms with van der Waals surface area (Å²) < 4.78 is 11.4. The monoisotopic (exact) mass is 451 g/mol. The molecule has 3 aromatic rings. The molecule has 0 bridgehead atoms. The van der Waals surface area contributed by atoms with E-state index in [-0.39, 0.29) is 23.9 Å². The summed E-state index contributed by atoms with van der Waals surface area (Å²) in [6, 6.07) is 5.61. The molecule has 1 atom stereocenters. The third kappa shape index (κ3) is 4.01.